The van der Waals surface area contributed by atoms with E-state index in [2.05, 4.69) is 20.6 Å². The number of imidazole rings is 1. The number of alkyl halides is 3. The van der Waals surface area contributed by atoms with Crippen molar-refractivity contribution in [3.05, 3.63) is 59.7 Å². The Balaban J connectivity index is 1.36. The number of aryl methyl sites for hydroxylation is 1. The van der Waals surface area contributed by atoms with Crippen molar-refractivity contribution < 1.29 is 18.0 Å². The first-order valence-electron chi connectivity index (χ1n) is 9.85. The van der Waals surface area contributed by atoms with Crippen molar-refractivity contribution in [2.75, 3.05) is 5.32 Å². The fourth-order valence-corrected chi connectivity index (χ4v) is 3.73. The fraction of sp³-hybridized carbons (Fsp3) is 0.381. The Hall–Kier alpha value is -3.10. The van der Waals surface area contributed by atoms with Crippen LogP contribution in [0.15, 0.2) is 42.7 Å². The number of nitrogens with zero attached hydrogens (tertiary/aromatic N) is 3. The molecule has 0 atom stereocenters. The predicted molar refractivity (Wildman–Crippen MR) is 106 cm³/mol. The molecule has 9 heteroatoms. The lowest BCUT2D eigenvalue weighted by Gasteiger charge is -2.30. The summed E-state index contributed by atoms with van der Waals surface area (Å²) in [6, 6.07) is 8.72. The van der Waals surface area contributed by atoms with Gasteiger partial charge in [0, 0.05) is 30.2 Å². The van der Waals surface area contributed by atoms with Crippen LogP contribution < -0.4 is 10.6 Å². The van der Waals surface area contributed by atoms with Crippen molar-refractivity contribution in [2.45, 2.75) is 50.9 Å². The molecule has 0 aromatic carbocycles. The van der Waals surface area contributed by atoms with Gasteiger partial charge in [0.15, 0.2) is 5.69 Å². The normalized spacial score (nSPS) is 19.6. The molecule has 0 aliphatic heterocycles. The Morgan fingerprint density at radius 2 is 1.83 bits per heavy atom. The molecule has 30 heavy (non-hydrogen) atoms. The van der Waals surface area contributed by atoms with Gasteiger partial charge in [-0.2, -0.15) is 13.2 Å². The zero-order valence-corrected chi connectivity index (χ0v) is 16.4. The van der Waals surface area contributed by atoms with E-state index in [0.717, 1.165) is 37.6 Å². The monoisotopic (exact) mass is 417 g/mol. The minimum absolute atomic E-state index is 0.0673. The van der Waals surface area contributed by atoms with Crippen LogP contribution in [0.2, 0.25) is 0 Å². The van der Waals surface area contributed by atoms with Crippen LogP contribution in [-0.4, -0.2) is 32.4 Å². The summed E-state index contributed by atoms with van der Waals surface area (Å²) < 4.78 is 40.3. The summed E-state index contributed by atoms with van der Waals surface area (Å²) in [4.78, 5) is 20.2. The Bertz CT molecular complexity index is 1040. The van der Waals surface area contributed by atoms with Crippen LogP contribution in [0.1, 0.15) is 47.4 Å². The number of hydrogen-bond donors (Lipinski definition) is 2. The molecule has 0 saturated heterocycles. The first-order chi connectivity index (χ1) is 14.3. The molecule has 1 aliphatic rings. The lowest BCUT2D eigenvalue weighted by Crippen LogP contribution is -2.40. The van der Waals surface area contributed by atoms with Crippen LogP contribution in [0.4, 0.5) is 19.0 Å². The van der Waals surface area contributed by atoms with Crippen molar-refractivity contribution in [1.82, 2.24) is 19.7 Å². The van der Waals surface area contributed by atoms with Crippen molar-refractivity contribution in [1.29, 1.82) is 0 Å². The third-order valence-corrected chi connectivity index (χ3v) is 5.37. The molecule has 3 aromatic heterocycles. The predicted octanol–water partition coefficient (Wildman–Crippen LogP) is 4.21. The fourth-order valence-electron chi connectivity index (χ4n) is 3.73. The summed E-state index contributed by atoms with van der Waals surface area (Å²) in [6.07, 6.45) is 1.28. The number of carbonyl (C=O) groups is 1. The van der Waals surface area contributed by atoms with E-state index in [1.807, 2.05) is 6.92 Å². The van der Waals surface area contributed by atoms with Gasteiger partial charge in [-0.3, -0.25) is 14.2 Å². The highest BCUT2D eigenvalue weighted by Gasteiger charge is 2.34. The van der Waals surface area contributed by atoms with Gasteiger partial charge < -0.3 is 10.6 Å². The Labute approximate surface area is 171 Å². The molecule has 3 heterocycles. The standard InChI is InChI=1S/C21H22F3N5O/c1-13-5-6-14(11-25-13)20(30)27-16-9-7-15(8-10-16)26-18-3-2-4-19-28-17(12-29(18)19)21(22,23)24/h2-6,11-12,15-16,26H,7-10H2,1H3,(H,27,30)/t15-,16+. The summed E-state index contributed by atoms with van der Waals surface area (Å²) in [5, 5.41) is 6.38. The third kappa shape index (κ3) is 4.39. The lowest BCUT2D eigenvalue weighted by molar-refractivity contribution is -0.140. The van der Waals surface area contributed by atoms with Gasteiger partial charge in [0.05, 0.1) is 5.56 Å². The number of hydrogen-bond acceptors (Lipinski definition) is 4. The Morgan fingerprint density at radius 3 is 2.50 bits per heavy atom. The number of nitrogens with one attached hydrogen (secondary N) is 2. The minimum Gasteiger partial charge on any atom is -0.368 e. The number of halogens is 3. The highest BCUT2D eigenvalue weighted by molar-refractivity contribution is 5.94. The number of anilines is 1. The maximum absolute atomic E-state index is 13.0. The number of amides is 1. The lowest BCUT2D eigenvalue weighted by atomic mass is 9.91. The molecule has 0 unspecified atom stereocenters. The van der Waals surface area contributed by atoms with E-state index in [0.29, 0.717) is 11.4 Å². The van der Waals surface area contributed by atoms with Gasteiger partial charge in [-0.25, -0.2) is 4.98 Å². The maximum Gasteiger partial charge on any atom is 0.434 e. The second-order valence-electron chi connectivity index (χ2n) is 7.62. The molecule has 158 valence electrons. The molecule has 1 amide bonds. The SMILES string of the molecule is Cc1ccc(C(=O)N[C@H]2CC[C@@H](Nc3cccc4nc(C(F)(F)F)cn34)CC2)cn1. The smallest absolute Gasteiger partial charge is 0.368 e. The van der Waals surface area contributed by atoms with Crippen molar-refractivity contribution in [3.63, 3.8) is 0 Å². The Morgan fingerprint density at radius 1 is 1.10 bits per heavy atom. The molecule has 6 nitrogen and oxygen atoms in total. The van der Waals surface area contributed by atoms with Gasteiger partial charge in [-0.15, -0.1) is 0 Å². The van der Waals surface area contributed by atoms with Crippen LogP contribution in [0.5, 0.6) is 0 Å². The summed E-state index contributed by atoms with van der Waals surface area (Å²) in [5.41, 5.74) is 0.732. The molecular weight excluding hydrogens is 395 g/mol. The molecule has 0 spiro atoms. The van der Waals surface area contributed by atoms with E-state index in [9.17, 15) is 18.0 Å². The second-order valence-corrected chi connectivity index (χ2v) is 7.62. The molecule has 4 rings (SSSR count). The maximum atomic E-state index is 13.0. The van der Waals surface area contributed by atoms with Gasteiger partial charge in [0.1, 0.15) is 11.5 Å². The molecule has 0 radical (unpaired) electrons. The molecule has 2 N–H and O–H groups in total. The molecule has 1 saturated carbocycles. The topological polar surface area (TPSA) is 71.3 Å². The first kappa shape index (κ1) is 20.2. The van der Waals surface area contributed by atoms with Gasteiger partial charge in [-0.05, 0) is 56.9 Å². The molecule has 1 fully saturated rings. The molecule has 0 bridgehead atoms. The molecule has 1 aliphatic carbocycles. The van der Waals surface area contributed by atoms with Crippen molar-refractivity contribution in [3.8, 4) is 0 Å². The van der Waals surface area contributed by atoms with Gasteiger partial charge in [-0.1, -0.05) is 6.07 Å². The zero-order chi connectivity index (χ0) is 21.3. The summed E-state index contributed by atoms with van der Waals surface area (Å²) in [6.45, 7) is 1.87. The van der Waals surface area contributed by atoms with Crippen LogP contribution in [-0.2, 0) is 6.18 Å². The van der Waals surface area contributed by atoms with Gasteiger partial charge >= 0.3 is 6.18 Å². The number of fused-ring (bicyclic) bond motifs is 1. The minimum atomic E-state index is -4.48. The van der Waals surface area contributed by atoms with Crippen molar-refractivity contribution >= 4 is 17.4 Å². The second kappa shape index (κ2) is 7.97. The van der Waals surface area contributed by atoms with Crippen LogP contribution >= 0.6 is 0 Å². The number of aromatic nitrogens is 3. The van der Waals surface area contributed by atoms with E-state index in [4.69, 9.17) is 0 Å². The highest BCUT2D eigenvalue weighted by Crippen LogP contribution is 2.30. The van der Waals surface area contributed by atoms with Crippen molar-refractivity contribution in [2.24, 2.45) is 0 Å². The summed E-state index contributed by atoms with van der Waals surface area (Å²) in [5.74, 6) is 0.440. The quantitative estimate of drug-likeness (QED) is 0.667. The van der Waals surface area contributed by atoms with E-state index in [1.165, 1.54) is 4.40 Å². The molecular formula is C21H22F3N5O. The molecule has 3 aromatic rings. The van der Waals surface area contributed by atoms with Crippen LogP contribution in [0, 0.1) is 6.92 Å². The third-order valence-electron chi connectivity index (χ3n) is 5.37. The van der Waals surface area contributed by atoms with Gasteiger partial charge in [0.2, 0.25) is 0 Å². The highest BCUT2D eigenvalue weighted by atomic mass is 19.4. The van der Waals surface area contributed by atoms with E-state index < -0.39 is 11.9 Å². The number of carbonyl (C=O) groups excluding carboxylic acids is 1. The van der Waals surface area contributed by atoms with Crippen LogP contribution in [0.25, 0.3) is 5.65 Å². The largest absolute Gasteiger partial charge is 0.434 e. The zero-order valence-electron chi connectivity index (χ0n) is 16.4. The number of pyridine rings is 2. The first-order valence-corrected chi connectivity index (χ1v) is 9.85. The van der Waals surface area contributed by atoms with E-state index in [-0.39, 0.29) is 23.6 Å². The average Bonchev–Trinajstić information content (AvgIpc) is 3.16. The summed E-state index contributed by atoms with van der Waals surface area (Å²) in [7, 11) is 0. The van der Waals surface area contributed by atoms with E-state index in [1.54, 1.807) is 36.5 Å². The van der Waals surface area contributed by atoms with Gasteiger partial charge in [0.25, 0.3) is 5.91 Å². The van der Waals surface area contributed by atoms with E-state index >= 15 is 0 Å². The average molecular weight is 417 g/mol. The number of rotatable bonds is 4. The Kier molecular flexibility index (Phi) is 5.36. The summed E-state index contributed by atoms with van der Waals surface area (Å²) >= 11 is 0. The van der Waals surface area contributed by atoms with Crippen LogP contribution in [0.3, 0.4) is 0 Å².